The Hall–Kier alpha value is -2.08. The summed E-state index contributed by atoms with van der Waals surface area (Å²) in [5, 5.41) is 2.99. The van der Waals surface area contributed by atoms with Gasteiger partial charge in [0.2, 0.25) is 10.7 Å². The molecule has 5 nitrogen and oxygen atoms in total. The van der Waals surface area contributed by atoms with E-state index in [1.807, 2.05) is 18.2 Å². The van der Waals surface area contributed by atoms with E-state index in [4.69, 9.17) is 12.2 Å². The van der Waals surface area contributed by atoms with E-state index in [1.165, 1.54) is 0 Å². The fourth-order valence-electron chi connectivity index (χ4n) is 1.38. The van der Waals surface area contributed by atoms with Gasteiger partial charge in [-0.05, 0) is 24.4 Å². The molecule has 0 radical (unpaired) electrons. The molecule has 2 aromatic heterocycles. The molecule has 0 atom stereocenters. The first-order valence-corrected chi connectivity index (χ1v) is 5.88. The minimum Gasteiger partial charge on any atom is -0.351 e. The van der Waals surface area contributed by atoms with Crippen LogP contribution in [0.4, 0.5) is 5.95 Å². The summed E-state index contributed by atoms with van der Waals surface area (Å²) in [7, 11) is 0. The van der Waals surface area contributed by atoms with Gasteiger partial charge in [0.15, 0.2) is 0 Å². The van der Waals surface area contributed by atoms with Gasteiger partial charge < -0.3 is 9.88 Å². The highest BCUT2D eigenvalue weighted by Gasteiger charge is 2.00. The Balaban J connectivity index is 2.15. The fraction of sp³-hybridized carbons (Fsp3) is 0.167. The van der Waals surface area contributed by atoms with E-state index in [0.29, 0.717) is 23.8 Å². The topological polar surface area (TPSA) is 55.6 Å². The average Bonchev–Trinajstić information content (AvgIpc) is 2.40. The van der Waals surface area contributed by atoms with E-state index in [0.717, 1.165) is 5.69 Å². The Bertz CT molecular complexity index is 579. The van der Waals surface area contributed by atoms with Crippen LogP contribution in [-0.4, -0.2) is 26.1 Å². The molecule has 0 fully saturated rings. The van der Waals surface area contributed by atoms with Gasteiger partial charge in [-0.15, -0.1) is 6.58 Å². The van der Waals surface area contributed by atoms with Gasteiger partial charge >= 0.3 is 0 Å². The lowest BCUT2D eigenvalue weighted by Gasteiger charge is -2.07. The van der Waals surface area contributed by atoms with Crippen LogP contribution in [0.25, 0.3) is 0 Å². The summed E-state index contributed by atoms with van der Waals surface area (Å²) in [6.07, 6.45) is 5.15. The summed E-state index contributed by atoms with van der Waals surface area (Å²) in [5.41, 5.74) is 0.920. The lowest BCUT2D eigenvalue weighted by molar-refractivity contribution is 0.709. The van der Waals surface area contributed by atoms with Crippen molar-refractivity contribution >= 4 is 18.2 Å². The largest absolute Gasteiger partial charge is 0.351 e. The minimum atomic E-state index is 0.474. The Morgan fingerprint density at radius 3 is 2.94 bits per heavy atom. The normalized spacial score (nSPS) is 10.0. The van der Waals surface area contributed by atoms with Crippen LogP contribution in [0.5, 0.6) is 0 Å². The first-order chi connectivity index (χ1) is 8.79. The third kappa shape index (κ3) is 3.21. The van der Waals surface area contributed by atoms with Crippen LogP contribution in [0.3, 0.4) is 0 Å². The van der Waals surface area contributed by atoms with Gasteiger partial charge in [0.05, 0.1) is 12.2 Å². The molecule has 0 saturated carbocycles. The minimum absolute atomic E-state index is 0.474. The molecule has 0 saturated heterocycles. The third-order valence-corrected chi connectivity index (χ3v) is 2.56. The standard InChI is InChI=1S/C12H13N5S/c1-2-6-14-11-15-9-17(12(18)16-11)8-10-5-3-4-7-13-10/h2-5,7,9H,1,6,8H2,(H,14,16,18). The summed E-state index contributed by atoms with van der Waals surface area (Å²) >= 11 is 5.21. The molecule has 0 aliphatic rings. The molecule has 1 N–H and O–H groups in total. The van der Waals surface area contributed by atoms with Crippen molar-refractivity contribution in [3.05, 3.63) is 53.8 Å². The van der Waals surface area contributed by atoms with Crippen molar-refractivity contribution < 1.29 is 0 Å². The highest BCUT2D eigenvalue weighted by atomic mass is 32.1. The second-order valence-corrected chi connectivity index (χ2v) is 3.95. The SMILES string of the molecule is C=CCNc1ncn(Cc2ccccn2)c(=S)n1. The van der Waals surface area contributed by atoms with Crippen molar-refractivity contribution in [3.8, 4) is 0 Å². The molecule has 0 aliphatic carbocycles. The number of pyridine rings is 1. The van der Waals surface area contributed by atoms with Gasteiger partial charge in [0, 0.05) is 12.7 Å². The third-order valence-electron chi connectivity index (χ3n) is 2.23. The van der Waals surface area contributed by atoms with E-state index in [-0.39, 0.29) is 0 Å². The summed E-state index contributed by atoms with van der Waals surface area (Å²) in [6, 6.07) is 5.75. The van der Waals surface area contributed by atoms with E-state index in [9.17, 15) is 0 Å². The Morgan fingerprint density at radius 1 is 1.39 bits per heavy atom. The van der Waals surface area contributed by atoms with Crippen molar-refractivity contribution in [2.75, 3.05) is 11.9 Å². The lowest BCUT2D eigenvalue weighted by Crippen LogP contribution is -2.10. The molecule has 0 amide bonds. The van der Waals surface area contributed by atoms with Gasteiger partial charge in [0.1, 0.15) is 6.33 Å². The molecule has 0 spiro atoms. The van der Waals surface area contributed by atoms with Crippen LogP contribution in [-0.2, 0) is 6.54 Å². The van der Waals surface area contributed by atoms with Crippen molar-refractivity contribution in [2.45, 2.75) is 6.54 Å². The number of rotatable bonds is 5. The van der Waals surface area contributed by atoms with E-state index in [2.05, 4.69) is 26.8 Å². The van der Waals surface area contributed by atoms with Gasteiger partial charge in [0.25, 0.3) is 0 Å². The first-order valence-electron chi connectivity index (χ1n) is 5.48. The van der Waals surface area contributed by atoms with Crippen LogP contribution in [0.15, 0.2) is 43.4 Å². The summed E-state index contributed by atoms with van der Waals surface area (Å²) in [5.74, 6) is 0.511. The van der Waals surface area contributed by atoms with Crippen LogP contribution in [0, 0.1) is 4.77 Å². The number of aromatic nitrogens is 4. The van der Waals surface area contributed by atoms with Gasteiger partial charge in [-0.2, -0.15) is 4.98 Å². The van der Waals surface area contributed by atoms with Crippen molar-refractivity contribution in [1.82, 2.24) is 19.5 Å². The van der Waals surface area contributed by atoms with Gasteiger partial charge in [-0.25, -0.2) is 4.98 Å². The van der Waals surface area contributed by atoms with Crippen molar-refractivity contribution in [3.63, 3.8) is 0 Å². The molecular weight excluding hydrogens is 246 g/mol. The summed E-state index contributed by atoms with van der Waals surface area (Å²) in [6.45, 7) is 4.79. The highest BCUT2D eigenvalue weighted by Crippen LogP contribution is 2.01. The molecule has 0 aliphatic heterocycles. The molecule has 0 unspecified atom stereocenters. The Labute approximate surface area is 110 Å². The molecule has 2 aromatic rings. The summed E-state index contributed by atoms with van der Waals surface area (Å²) in [4.78, 5) is 12.6. The Kier molecular flexibility index (Phi) is 4.14. The fourth-order valence-corrected chi connectivity index (χ4v) is 1.58. The maximum atomic E-state index is 5.21. The van der Waals surface area contributed by atoms with E-state index in [1.54, 1.807) is 23.2 Å². The number of anilines is 1. The lowest BCUT2D eigenvalue weighted by atomic mass is 10.3. The maximum absolute atomic E-state index is 5.21. The quantitative estimate of drug-likeness (QED) is 0.658. The van der Waals surface area contributed by atoms with Crippen molar-refractivity contribution in [1.29, 1.82) is 0 Å². The number of hydrogen-bond donors (Lipinski definition) is 1. The van der Waals surface area contributed by atoms with Crippen molar-refractivity contribution in [2.24, 2.45) is 0 Å². The van der Waals surface area contributed by atoms with E-state index < -0.39 is 0 Å². The van der Waals surface area contributed by atoms with Crippen LogP contribution >= 0.6 is 12.2 Å². The number of nitrogens with zero attached hydrogens (tertiary/aromatic N) is 4. The second-order valence-electron chi connectivity index (χ2n) is 3.58. The second kappa shape index (κ2) is 6.02. The molecular formula is C12H13N5S. The maximum Gasteiger partial charge on any atom is 0.227 e. The first kappa shape index (κ1) is 12.4. The zero-order valence-corrected chi connectivity index (χ0v) is 10.6. The average molecular weight is 259 g/mol. The Morgan fingerprint density at radius 2 is 2.28 bits per heavy atom. The van der Waals surface area contributed by atoms with E-state index >= 15 is 0 Å². The predicted molar refractivity (Wildman–Crippen MR) is 72.9 cm³/mol. The molecule has 0 aromatic carbocycles. The monoisotopic (exact) mass is 259 g/mol. The zero-order chi connectivity index (χ0) is 12.8. The molecule has 2 rings (SSSR count). The van der Waals surface area contributed by atoms with Crippen LogP contribution in [0.1, 0.15) is 5.69 Å². The molecule has 92 valence electrons. The predicted octanol–water partition coefficient (Wildman–Crippen LogP) is 2.05. The number of nitrogens with one attached hydrogen (secondary N) is 1. The zero-order valence-electron chi connectivity index (χ0n) is 9.78. The number of hydrogen-bond acceptors (Lipinski definition) is 5. The molecule has 0 bridgehead atoms. The van der Waals surface area contributed by atoms with Gasteiger partial charge in [-0.3, -0.25) is 4.98 Å². The molecule has 18 heavy (non-hydrogen) atoms. The molecule has 6 heteroatoms. The molecule has 2 heterocycles. The summed E-state index contributed by atoms with van der Waals surface area (Å²) < 4.78 is 2.25. The van der Waals surface area contributed by atoms with Crippen LogP contribution < -0.4 is 5.32 Å². The van der Waals surface area contributed by atoms with Crippen LogP contribution in [0.2, 0.25) is 0 Å². The highest BCUT2D eigenvalue weighted by molar-refractivity contribution is 7.71. The smallest absolute Gasteiger partial charge is 0.227 e. The van der Waals surface area contributed by atoms with Gasteiger partial charge in [-0.1, -0.05) is 12.1 Å².